The van der Waals surface area contributed by atoms with Gasteiger partial charge in [-0.1, -0.05) is 11.6 Å². The minimum absolute atomic E-state index is 0.222. The van der Waals surface area contributed by atoms with Crippen LogP contribution in [0.1, 0.15) is 0 Å². The van der Waals surface area contributed by atoms with Crippen LogP contribution < -0.4 is 11.2 Å². The predicted molar refractivity (Wildman–Crippen MR) is 93.2 cm³/mol. The summed E-state index contributed by atoms with van der Waals surface area (Å²) in [5.74, 6) is 0.990. The number of halogens is 1. The van der Waals surface area contributed by atoms with Crippen molar-refractivity contribution in [3.8, 4) is 5.69 Å². The van der Waals surface area contributed by atoms with Crippen LogP contribution in [0.3, 0.4) is 0 Å². The van der Waals surface area contributed by atoms with E-state index in [1.54, 1.807) is 4.68 Å². The Morgan fingerprint density at radius 1 is 1.09 bits per heavy atom. The monoisotopic (exact) mass is 327 g/mol. The van der Waals surface area contributed by atoms with E-state index in [2.05, 4.69) is 17.2 Å². The molecule has 3 rings (SSSR count). The van der Waals surface area contributed by atoms with Crippen molar-refractivity contribution in [2.24, 2.45) is 10.8 Å². The first-order valence-corrected chi connectivity index (χ1v) is 7.29. The predicted octanol–water partition coefficient (Wildman–Crippen LogP) is 2.75. The number of hydrazone groups is 1. The maximum absolute atomic E-state index is 5.93. The second kappa shape index (κ2) is 6.41. The van der Waals surface area contributed by atoms with E-state index in [-0.39, 0.29) is 5.96 Å². The van der Waals surface area contributed by atoms with Crippen molar-refractivity contribution < 1.29 is 4.68 Å². The molecule has 7 heteroatoms. The normalized spacial score (nSPS) is 11.4. The van der Waals surface area contributed by atoms with Crippen LogP contribution in [-0.4, -0.2) is 26.6 Å². The topological polar surface area (TPSA) is 63.3 Å². The fourth-order valence-corrected chi connectivity index (χ4v) is 2.27. The van der Waals surface area contributed by atoms with Gasteiger partial charge in [-0.2, -0.15) is 4.57 Å². The molecule has 0 bridgehead atoms. The minimum atomic E-state index is 0.222. The second-order valence-electron chi connectivity index (χ2n) is 4.80. The molecule has 1 aromatic carbocycles. The largest absolute Gasteiger partial charge is 0.365 e. The van der Waals surface area contributed by atoms with Crippen molar-refractivity contribution in [3.63, 3.8) is 0 Å². The highest BCUT2D eigenvalue weighted by atomic mass is 35.5. The summed E-state index contributed by atoms with van der Waals surface area (Å²) in [6.45, 7) is 3.92. The van der Waals surface area contributed by atoms with Gasteiger partial charge in [0.25, 0.3) is 5.96 Å². The van der Waals surface area contributed by atoms with Crippen molar-refractivity contribution >= 4 is 30.1 Å². The molecule has 0 spiro atoms. The number of nitrogens with zero attached hydrogens (tertiary/aromatic N) is 4. The molecule has 0 saturated carbocycles. The molecule has 0 aliphatic rings. The summed E-state index contributed by atoms with van der Waals surface area (Å²) in [4.78, 5) is 0. The Bertz CT molecular complexity index is 830. The van der Waals surface area contributed by atoms with E-state index in [1.165, 1.54) is 4.68 Å². The molecule has 0 unspecified atom stereocenters. The highest BCUT2D eigenvalue weighted by Gasteiger charge is 2.14. The van der Waals surface area contributed by atoms with Gasteiger partial charge in [0, 0.05) is 23.5 Å². The van der Waals surface area contributed by atoms with Gasteiger partial charge in [-0.25, -0.2) is 0 Å². The van der Waals surface area contributed by atoms with E-state index in [0.29, 0.717) is 5.02 Å². The average Bonchev–Trinajstić information content (AvgIpc) is 3.19. The van der Waals surface area contributed by atoms with E-state index < -0.39 is 0 Å². The Morgan fingerprint density at radius 2 is 1.78 bits per heavy atom. The van der Waals surface area contributed by atoms with Crippen LogP contribution in [0.5, 0.6) is 0 Å². The van der Waals surface area contributed by atoms with Gasteiger partial charge in [0.05, 0.1) is 12.9 Å². The molecular weight excluding hydrogens is 312 g/mol. The molecule has 116 valence electrons. The Balaban J connectivity index is 1.83. The first-order valence-electron chi connectivity index (χ1n) is 6.91. The quantitative estimate of drug-likeness (QED) is 0.335. The summed E-state index contributed by atoms with van der Waals surface area (Å²) >= 11 is 5.93. The molecule has 0 aliphatic carbocycles. The number of nitrogens with one attached hydrogen (secondary N) is 1. The zero-order valence-electron chi connectivity index (χ0n) is 12.3. The molecule has 3 N–H and O–H groups in total. The van der Waals surface area contributed by atoms with E-state index in [9.17, 15) is 0 Å². The summed E-state index contributed by atoms with van der Waals surface area (Å²) in [6.07, 6.45) is 5.57. The Morgan fingerprint density at radius 3 is 2.48 bits per heavy atom. The molecule has 2 heterocycles. The molecule has 2 aromatic heterocycles. The first kappa shape index (κ1) is 14.9. The third-order valence-electron chi connectivity index (χ3n) is 3.17. The van der Waals surface area contributed by atoms with Crippen molar-refractivity contribution in [1.29, 1.82) is 0 Å². The minimum Gasteiger partial charge on any atom is -0.365 e. The standard InChI is InChI=1S/C16H16ClN6/c1-21(19-16(18)20-22-10-2-3-11-22)15-5-4-12-23(15)14-8-6-13(17)7-9-14/h2-12H,1H2,(H3,18,19,20)/q+1. The van der Waals surface area contributed by atoms with Gasteiger partial charge in [0.1, 0.15) is 5.69 Å². The molecule has 0 amide bonds. The van der Waals surface area contributed by atoms with Gasteiger partial charge < -0.3 is 5.73 Å². The third kappa shape index (κ3) is 3.44. The lowest BCUT2D eigenvalue weighted by Gasteiger charge is -2.06. The molecule has 0 fully saturated rings. The fourth-order valence-electron chi connectivity index (χ4n) is 2.15. The van der Waals surface area contributed by atoms with Crippen LogP contribution >= 0.6 is 11.6 Å². The molecule has 0 atom stereocenters. The summed E-state index contributed by atoms with van der Waals surface area (Å²) in [5.41, 5.74) is 9.76. The number of aromatic nitrogens is 2. The average molecular weight is 328 g/mol. The van der Waals surface area contributed by atoms with Crippen LogP contribution in [0.15, 0.2) is 72.2 Å². The molecule has 3 aromatic rings. The lowest BCUT2D eigenvalue weighted by Crippen LogP contribution is -2.30. The van der Waals surface area contributed by atoms with Gasteiger partial charge in [0.15, 0.2) is 0 Å². The van der Waals surface area contributed by atoms with Gasteiger partial charge >= 0.3 is 5.82 Å². The first-order chi connectivity index (χ1) is 11.1. The smallest absolute Gasteiger partial charge is 0.311 e. The molecule has 0 aliphatic heterocycles. The molecule has 0 radical (unpaired) electrons. The van der Waals surface area contributed by atoms with E-state index >= 15 is 0 Å². The lowest BCUT2D eigenvalue weighted by molar-refractivity contribution is -0.441. The van der Waals surface area contributed by atoms with Crippen LogP contribution in [0.2, 0.25) is 5.02 Å². The molecule has 0 saturated heterocycles. The Kier molecular flexibility index (Phi) is 4.16. The number of hydrogen-bond donors (Lipinski definition) is 2. The second-order valence-corrected chi connectivity index (χ2v) is 5.24. The van der Waals surface area contributed by atoms with E-state index in [1.807, 2.05) is 71.7 Å². The van der Waals surface area contributed by atoms with Crippen molar-refractivity contribution in [1.82, 2.24) is 9.24 Å². The molecule has 23 heavy (non-hydrogen) atoms. The van der Waals surface area contributed by atoms with E-state index in [4.69, 9.17) is 17.3 Å². The van der Waals surface area contributed by atoms with Crippen LogP contribution in [-0.2, 0) is 0 Å². The summed E-state index contributed by atoms with van der Waals surface area (Å²) < 4.78 is 5.10. The highest BCUT2D eigenvalue weighted by molar-refractivity contribution is 6.30. The van der Waals surface area contributed by atoms with Gasteiger partial charge in [-0.15, -0.1) is 4.68 Å². The van der Waals surface area contributed by atoms with E-state index in [0.717, 1.165) is 11.5 Å². The van der Waals surface area contributed by atoms with Gasteiger partial charge in [-0.3, -0.25) is 10.1 Å². The molecular formula is C16H16ClN6+. The Hall–Kier alpha value is -2.99. The highest BCUT2D eigenvalue weighted by Crippen LogP contribution is 2.21. The SMILES string of the molecule is C=[N+](N=C(N)Nn1cccc1)c1cccn1-c1ccc(Cl)cc1. The van der Waals surface area contributed by atoms with Crippen LogP contribution in [0, 0.1) is 0 Å². The number of nitrogens with two attached hydrogens (primary N) is 1. The fraction of sp³-hybridized carbons (Fsp3) is 0. The summed E-state index contributed by atoms with van der Waals surface area (Å²) in [7, 11) is 0. The summed E-state index contributed by atoms with van der Waals surface area (Å²) in [5, 5.41) is 4.92. The number of guanidine groups is 1. The maximum atomic E-state index is 5.93. The lowest BCUT2D eigenvalue weighted by atomic mass is 10.3. The number of rotatable bonds is 4. The number of benzene rings is 1. The van der Waals surface area contributed by atoms with Crippen molar-refractivity contribution in [3.05, 3.63) is 72.1 Å². The van der Waals surface area contributed by atoms with Crippen molar-refractivity contribution in [2.45, 2.75) is 0 Å². The third-order valence-corrected chi connectivity index (χ3v) is 3.43. The van der Waals surface area contributed by atoms with Crippen LogP contribution in [0.25, 0.3) is 5.69 Å². The summed E-state index contributed by atoms with van der Waals surface area (Å²) in [6, 6.07) is 15.1. The Labute approximate surface area is 138 Å². The zero-order valence-corrected chi connectivity index (χ0v) is 13.1. The molecule has 6 nitrogen and oxygen atoms in total. The van der Waals surface area contributed by atoms with Crippen molar-refractivity contribution in [2.75, 3.05) is 5.43 Å². The van der Waals surface area contributed by atoms with Crippen LogP contribution in [0.4, 0.5) is 5.82 Å². The maximum Gasteiger partial charge on any atom is 0.311 e. The number of hydrogen-bond acceptors (Lipinski definition) is 1. The zero-order chi connectivity index (χ0) is 16.2. The van der Waals surface area contributed by atoms with Gasteiger partial charge in [-0.05, 0) is 47.6 Å². The van der Waals surface area contributed by atoms with Gasteiger partial charge in [0.2, 0.25) is 0 Å².